The number of carboxylic acids is 1. The van der Waals surface area contributed by atoms with E-state index in [2.05, 4.69) is 26.5 Å². The van der Waals surface area contributed by atoms with Gasteiger partial charge in [-0.1, -0.05) is 62.9 Å². The maximum absolute atomic E-state index is 10.9. The first-order valence-electron chi connectivity index (χ1n) is 8.02. The molecular formula is C15H21B2NO2S. The SMILES string of the molecule is CC1CCCCC([B]c2nc(C(=O)O)cs2)CCC2[B]C12. The number of hydrogen-bond donors (Lipinski definition) is 1. The van der Waals surface area contributed by atoms with E-state index in [1.54, 1.807) is 5.38 Å². The van der Waals surface area contributed by atoms with Crippen molar-refractivity contribution < 1.29 is 9.90 Å². The van der Waals surface area contributed by atoms with Gasteiger partial charge in [-0.25, -0.2) is 9.78 Å². The lowest BCUT2D eigenvalue weighted by molar-refractivity contribution is 0.0691. The number of fused-ring (bicyclic) bond motifs is 1. The van der Waals surface area contributed by atoms with Gasteiger partial charge >= 0.3 is 5.97 Å². The third-order valence-electron chi connectivity index (χ3n) is 4.95. The van der Waals surface area contributed by atoms with E-state index in [0.717, 1.165) is 22.5 Å². The van der Waals surface area contributed by atoms with Crippen molar-refractivity contribution >= 4 is 36.8 Å². The largest absolute Gasteiger partial charge is 0.476 e. The Balaban J connectivity index is 1.57. The highest BCUT2D eigenvalue weighted by Crippen LogP contribution is 2.53. The second-order valence-corrected chi connectivity index (χ2v) is 7.47. The maximum atomic E-state index is 10.9. The van der Waals surface area contributed by atoms with Gasteiger partial charge < -0.3 is 5.11 Å². The molecule has 2 fully saturated rings. The molecule has 0 bridgehead atoms. The van der Waals surface area contributed by atoms with Gasteiger partial charge in [0.05, 0.1) is 0 Å². The molecular weight excluding hydrogens is 280 g/mol. The molecule has 21 heavy (non-hydrogen) atoms. The lowest BCUT2D eigenvalue weighted by atomic mass is 9.61. The van der Waals surface area contributed by atoms with Gasteiger partial charge in [0.15, 0.2) is 13.0 Å². The second kappa shape index (κ2) is 6.55. The molecule has 1 aromatic heterocycles. The van der Waals surface area contributed by atoms with Gasteiger partial charge in [0.25, 0.3) is 0 Å². The van der Waals surface area contributed by atoms with Crippen LogP contribution in [0.2, 0.25) is 17.5 Å². The molecule has 2 aliphatic rings. The van der Waals surface area contributed by atoms with E-state index in [0.29, 0.717) is 5.82 Å². The second-order valence-electron chi connectivity index (χ2n) is 6.58. The van der Waals surface area contributed by atoms with Gasteiger partial charge in [-0.05, 0) is 5.92 Å². The summed E-state index contributed by atoms with van der Waals surface area (Å²) in [4.78, 5) is 16.0. The minimum absolute atomic E-state index is 0.176. The molecule has 0 aromatic carbocycles. The minimum atomic E-state index is -0.929. The van der Waals surface area contributed by atoms with Crippen LogP contribution >= 0.6 is 11.3 Å². The van der Waals surface area contributed by atoms with Crippen molar-refractivity contribution in [2.75, 3.05) is 0 Å². The lowest BCUT2D eigenvalue weighted by Gasteiger charge is -2.19. The van der Waals surface area contributed by atoms with Crippen LogP contribution in [0, 0.1) is 5.92 Å². The van der Waals surface area contributed by atoms with E-state index in [-0.39, 0.29) is 5.69 Å². The molecule has 0 amide bonds. The van der Waals surface area contributed by atoms with Crippen LogP contribution in [-0.4, -0.2) is 30.6 Å². The van der Waals surface area contributed by atoms with E-state index < -0.39 is 5.97 Å². The van der Waals surface area contributed by atoms with Crippen LogP contribution in [0.15, 0.2) is 5.38 Å². The molecule has 3 rings (SSSR count). The normalized spacial score (nSPS) is 32.6. The Morgan fingerprint density at radius 2 is 2.19 bits per heavy atom. The highest BCUT2D eigenvalue weighted by Gasteiger charge is 2.41. The average molecular weight is 301 g/mol. The van der Waals surface area contributed by atoms with Gasteiger partial charge in [-0.3, -0.25) is 0 Å². The summed E-state index contributed by atoms with van der Waals surface area (Å²) in [5.74, 6) is 2.19. The Hall–Kier alpha value is -0.770. The van der Waals surface area contributed by atoms with Gasteiger partial charge in [-0.15, -0.1) is 11.3 Å². The molecule has 1 N–H and O–H groups in total. The number of thiazole rings is 1. The first kappa shape index (κ1) is 15.1. The third-order valence-corrected chi connectivity index (χ3v) is 5.76. The van der Waals surface area contributed by atoms with E-state index in [1.807, 2.05) is 0 Å². The van der Waals surface area contributed by atoms with Crippen LogP contribution < -0.4 is 4.91 Å². The van der Waals surface area contributed by atoms with Crippen LogP contribution in [0.3, 0.4) is 0 Å². The van der Waals surface area contributed by atoms with Crippen molar-refractivity contribution in [2.45, 2.75) is 62.9 Å². The zero-order valence-electron chi connectivity index (χ0n) is 12.5. The zero-order chi connectivity index (χ0) is 14.8. The Labute approximate surface area is 132 Å². The van der Waals surface area contributed by atoms with Gasteiger partial charge in [0.2, 0.25) is 0 Å². The van der Waals surface area contributed by atoms with Gasteiger partial charge in [0, 0.05) is 10.3 Å². The third kappa shape index (κ3) is 3.91. The predicted octanol–water partition coefficient (Wildman–Crippen LogP) is 3.24. The number of carboxylic acid groups (broad SMARTS) is 1. The Morgan fingerprint density at radius 1 is 1.38 bits per heavy atom. The summed E-state index contributed by atoms with van der Waals surface area (Å²) >= 11 is 1.45. The van der Waals surface area contributed by atoms with Crippen LogP contribution in [0.5, 0.6) is 0 Å². The molecule has 110 valence electrons. The molecule has 1 aromatic rings. The summed E-state index contributed by atoms with van der Waals surface area (Å²) in [6.45, 7) is 2.40. The highest BCUT2D eigenvalue weighted by molar-refractivity contribution is 7.19. The van der Waals surface area contributed by atoms with Gasteiger partial charge in [-0.2, -0.15) is 0 Å². The van der Waals surface area contributed by atoms with Crippen molar-refractivity contribution in [3.05, 3.63) is 11.1 Å². The average Bonchev–Trinajstić information content (AvgIpc) is 3.09. The molecule has 4 unspecified atom stereocenters. The molecule has 2 heterocycles. The van der Waals surface area contributed by atoms with Crippen molar-refractivity contribution in [2.24, 2.45) is 5.92 Å². The summed E-state index contributed by atoms with van der Waals surface area (Å²) < 4.78 is 0. The minimum Gasteiger partial charge on any atom is -0.476 e. The topological polar surface area (TPSA) is 50.2 Å². The monoisotopic (exact) mass is 301 g/mol. The first-order chi connectivity index (χ1) is 10.1. The first-order valence-corrected chi connectivity index (χ1v) is 8.90. The summed E-state index contributed by atoms with van der Waals surface area (Å²) in [7, 11) is 4.73. The number of aromatic carboxylic acids is 1. The predicted molar refractivity (Wildman–Crippen MR) is 88.3 cm³/mol. The van der Waals surface area contributed by atoms with Crippen LogP contribution in [-0.2, 0) is 0 Å². The highest BCUT2D eigenvalue weighted by atomic mass is 32.1. The lowest BCUT2D eigenvalue weighted by Crippen LogP contribution is -2.20. The number of nitrogens with zero attached hydrogens (tertiary/aromatic N) is 1. The molecule has 1 aliphatic heterocycles. The zero-order valence-corrected chi connectivity index (χ0v) is 13.3. The molecule has 2 radical (unpaired) electrons. The quantitative estimate of drug-likeness (QED) is 0.872. The van der Waals surface area contributed by atoms with E-state index in [1.165, 1.54) is 49.9 Å². The van der Waals surface area contributed by atoms with Crippen molar-refractivity contribution in [1.29, 1.82) is 0 Å². The summed E-state index contributed by atoms with van der Waals surface area (Å²) in [6, 6.07) is 0. The molecule has 1 saturated heterocycles. The Morgan fingerprint density at radius 3 is 2.95 bits per heavy atom. The van der Waals surface area contributed by atoms with Crippen LogP contribution in [0.1, 0.15) is 55.9 Å². The molecule has 4 atom stereocenters. The van der Waals surface area contributed by atoms with Crippen molar-refractivity contribution in [1.82, 2.24) is 4.98 Å². The maximum Gasteiger partial charge on any atom is 0.355 e. The fraction of sp³-hybridized carbons (Fsp3) is 0.733. The summed E-state index contributed by atoms with van der Waals surface area (Å²) in [6.07, 6.45) is 7.66. The number of hydrogen-bond acceptors (Lipinski definition) is 3. The fourth-order valence-electron chi connectivity index (χ4n) is 3.57. The van der Waals surface area contributed by atoms with E-state index in [9.17, 15) is 4.79 Å². The smallest absolute Gasteiger partial charge is 0.355 e. The standard InChI is InChI=1S/C15H21B2NO2S/c1-9-4-2-3-5-10(6-7-11-13(9)17-11)16-15-18-12(8-21-15)14(19)20/h8-11,13H,2-7H2,1H3,(H,19,20). The Bertz CT molecular complexity index is 508. The van der Waals surface area contributed by atoms with Crippen molar-refractivity contribution in [3.63, 3.8) is 0 Å². The Kier molecular flexibility index (Phi) is 4.72. The number of carbonyl (C=O) groups is 1. The molecule has 1 aliphatic carbocycles. The molecule has 6 heteroatoms. The molecule has 1 saturated carbocycles. The molecule has 0 spiro atoms. The van der Waals surface area contributed by atoms with Crippen molar-refractivity contribution in [3.8, 4) is 0 Å². The summed E-state index contributed by atoms with van der Waals surface area (Å²) in [5, 5.41) is 10.6. The van der Waals surface area contributed by atoms with Gasteiger partial charge in [0.1, 0.15) is 7.28 Å². The van der Waals surface area contributed by atoms with E-state index >= 15 is 0 Å². The number of rotatable bonds is 3. The fourth-order valence-corrected chi connectivity index (χ4v) is 4.38. The van der Waals surface area contributed by atoms with Crippen LogP contribution in [0.25, 0.3) is 0 Å². The van der Waals surface area contributed by atoms with Crippen LogP contribution in [0.4, 0.5) is 0 Å². The summed E-state index contributed by atoms with van der Waals surface area (Å²) in [5.41, 5.74) is 0.176. The van der Waals surface area contributed by atoms with E-state index in [4.69, 9.17) is 5.11 Å². The molecule has 3 nitrogen and oxygen atoms in total. The number of aromatic nitrogens is 1.